The first kappa shape index (κ1) is 21.4. The molecule has 3 aromatic rings. The van der Waals surface area contributed by atoms with E-state index in [1.54, 1.807) is 13.2 Å². The number of pyridine rings is 1. The van der Waals surface area contributed by atoms with E-state index in [1.807, 2.05) is 48.5 Å². The fourth-order valence-corrected chi connectivity index (χ4v) is 3.43. The van der Waals surface area contributed by atoms with E-state index in [4.69, 9.17) is 23.7 Å². The van der Waals surface area contributed by atoms with E-state index in [0.29, 0.717) is 48.6 Å². The number of hydrogen-bond donors (Lipinski definition) is 2. The molecule has 2 aliphatic rings. The van der Waals surface area contributed by atoms with Crippen molar-refractivity contribution in [2.75, 3.05) is 27.1 Å². The van der Waals surface area contributed by atoms with Gasteiger partial charge in [0.2, 0.25) is 12.7 Å². The summed E-state index contributed by atoms with van der Waals surface area (Å²) in [4.78, 5) is 13.1. The van der Waals surface area contributed by atoms with Crippen molar-refractivity contribution in [3.05, 3.63) is 65.9 Å². The molecule has 0 bridgehead atoms. The molecule has 3 heterocycles. The van der Waals surface area contributed by atoms with Crippen molar-refractivity contribution >= 4 is 17.9 Å². The van der Waals surface area contributed by atoms with Gasteiger partial charge in [-0.05, 0) is 42.0 Å². The van der Waals surface area contributed by atoms with Crippen LogP contribution in [0, 0.1) is 0 Å². The molecule has 10 heteroatoms. The number of nitrogens with one attached hydrogen (secondary N) is 2. The molecule has 2 aromatic carbocycles. The largest absolute Gasteiger partial charge is 0.486 e. The summed E-state index contributed by atoms with van der Waals surface area (Å²) in [5.74, 6) is 3.84. The van der Waals surface area contributed by atoms with Gasteiger partial charge in [-0.25, -0.2) is 9.98 Å². The van der Waals surface area contributed by atoms with Crippen LogP contribution in [0.15, 0.2) is 64.7 Å². The highest BCUT2D eigenvalue weighted by Gasteiger charge is 2.15. The summed E-state index contributed by atoms with van der Waals surface area (Å²) in [7, 11) is 1.68. The monoisotopic (exact) mass is 461 g/mol. The summed E-state index contributed by atoms with van der Waals surface area (Å²) in [5, 5.41) is 0. The zero-order valence-electron chi connectivity index (χ0n) is 18.5. The summed E-state index contributed by atoms with van der Waals surface area (Å²) in [6.07, 6.45) is 3.20. The van der Waals surface area contributed by atoms with Crippen molar-refractivity contribution in [2.45, 2.75) is 6.61 Å². The standard InChI is InChI=1S/C24H23N5O5/c1-25-23(29-28-14-27-17-5-7-19-22(12-17)31-10-9-30-19)18-3-2-8-26-24(18)32-13-16-4-6-20-21(11-16)34-15-33-20/h2-8,11-12,14H,9-10,13,15H2,1H3,(H,25,29)(H,27,28). The summed E-state index contributed by atoms with van der Waals surface area (Å²) in [6.45, 7) is 1.63. The van der Waals surface area contributed by atoms with E-state index >= 15 is 0 Å². The Bertz CT molecular complexity index is 1230. The van der Waals surface area contributed by atoms with Crippen molar-refractivity contribution in [3.8, 4) is 28.9 Å². The average molecular weight is 461 g/mol. The quantitative estimate of drug-likeness (QED) is 0.314. The van der Waals surface area contributed by atoms with Crippen LogP contribution in [0.5, 0.6) is 28.9 Å². The zero-order chi connectivity index (χ0) is 23.2. The Morgan fingerprint density at radius 2 is 1.79 bits per heavy atom. The number of hydrazine groups is 1. The third-order valence-electron chi connectivity index (χ3n) is 5.06. The van der Waals surface area contributed by atoms with Crippen molar-refractivity contribution in [1.29, 1.82) is 0 Å². The average Bonchev–Trinajstić information content (AvgIpc) is 3.36. The highest BCUT2D eigenvalue weighted by molar-refractivity contribution is 6.00. The highest BCUT2D eigenvalue weighted by Crippen LogP contribution is 2.34. The van der Waals surface area contributed by atoms with Crippen LogP contribution in [0.4, 0.5) is 5.69 Å². The lowest BCUT2D eigenvalue weighted by atomic mass is 10.2. The molecular weight excluding hydrogens is 438 g/mol. The molecule has 2 aliphatic heterocycles. The minimum atomic E-state index is 0.233. The van der Waals surface area contributed by atoms with Crippen LogP contribution in [0.2, 0.25) is 0 Å². The number of aromatic nitrogens is 1. The minimum absolute atomic E-state index is 0.233. The van der Waals surface area contributed by atoms with E-state index in [0.717, 1.165) is 22.7 Å². The SMILES string of the molecule is CN=C(NNC=Nc1ccc2c(c1)OCCO2)c1cccnc1OCc1ccc2c(c1)OCO2. The Morgan fingerprint density at radius 1 is 1.00 bits per heavy atom. The first-order chi connectivity index (χ1) is 16.8. The second kappa shape index (κ2) is 9.99. The second-order valence-corrected chi connectivity index (χ2v) is 7.26. The number of aliphatic imine (C=N–C) groups is 2. The van der Waals surface area contributed by atoms with Crippen molar-refractivity contribution in [1.82, 2.24) is 15.8 Å². The van der Waals surface area contributed by atoms with Crippen molar-refractivity contribution in [2.24, 2.45) is 9.98 Å². The Hall–Kier alpha value is -4.47. The summed E-state index contributed by atoms with van der Waals surface area (Å²) < 4.78 is 27.9. The molecule has 0 atom stereocenters. The van der Waals surface area contributed by atoms with Crippen molar-refractivity contribution < 1.29 is 23.7 Å². The van der Waals surface area contributed by atoms with Gasteiger partial charge in [-0.3, -0.25) is 15.8 Å². The highest BCUT2D eigenvalue weighted by atomic mass is 16.7. The smallest absolute Gasteiger partial charge is 0.231 e. The van der Waals surface area contributed by atoms with E-state index in [1.165, 1.54) is 6.34 Å². The van der Waals surface area contributed by atoms with Crippen LogP contribution in [0.1, 0.15) is 11.1 Å². The minimum Gasteiger partial charge on any atom is -0.486 e. The first-order valence-corrected chi connectivity index (χ1v) is 10.7. The predicted octanol–water partition coefficient (Wildman–Crippen LogP) is 2.99. The van der Waals surface area contributed by atoms with Gasteiger partial charge in [0, 0.05) is 19.3 Å². The number of amidine groups is 1. The maximum atomic E-state index is 5.98. The third-order valence-corrected chi connectivity index (χ3v) is 5.06. The molecule has 1 aromatic heterocycles. The molecular formula is C24H23N5O5. The van der Waals surface area contributed by atoms with Gasteiger partial charge in [0.05, 0.1) is 11.3 Å². The number of fused-ring (bicyclic) bond motifs is 2. The molecule has 0 radical (unpaired) electrons. The van der Waals surface area contributed by atoms with E-state index in [-0.39, 0.29) is 6.79 Å². The fourth-order valence-electron chi connectivity index (χ4n) is 3.43. The van der Waals surface area contributed by atoms with Crippen LogP contribution in [-0.2, 0) is 6.61 Å². The van der Waals surface area contributed by atoms with Crippen LogP contribution in [0.25, 0.3) is 0 Å². The molecule has 5 rings (SSSR count). The number of rotatable bonds is 7. The first-order valence-electron chi connectivity index (χ1n) is 10.7. The maximum absolute atomic E-state index is 5.98. The van der Waals surface area contributed by atoms with Crippen LogP contribution in [0.3, 0.4) is 0 Å². The molecule has 0 fully saturated rings. The Kier molecular flexibility index (Phi) is 6.28. The molecule has 0 saturated heterocycles. The van der Waals surface area contributed by atoms with E-state index < -0.39 is 0 Å². The van der Waals surface area contributed by atoms with Gasteiger partial charge in [-0.2, -0.15) is 0 Å². The van der Waals surface area contributed by atoms with E-state index in [9.17, 15) is 0 Å². The lowest BCUT2D eigenvalue weighted by Crippen LogP contribution is -2.37. The van der Waals surface area contributed by atoms with Gasteiger partial charge in [0.15, 0.2) is 28.8 Å². The Labute approximate surface area is 196 Å². The predicted molar refractivity (Wildman–Crippen MR) is 125 cm³/mol. The van der Waals surface area contributed by atoms with Crippen LogP contribution in [-0.4, -0.2) is 44.2 Å². The molecule has 174 valence electrons. The summed E-state index contributed by atoms with van der Waals surface area (Å²) in [5.41, 5.74) is 8.33. The lowest BCUT2D eigenvalue weighted by Gasteiger charge is -2.18. The van der Waals surface area contributed by atoms with Gasteiger partial charge in [0.25, 0.3) is 0 Å². The Balaban J connectivity index is 1.21. The molecule has 0 spiro atoms. The van der Waals surface area contributed by atoms with Gasteiger partial charge in [-0.15, -0.1) is 0 Å². The number of ether oxygens (including phenoxy) is 5. The number of nitrogens with zero attached hydrogens (tertiary/aromatic N) is 3. The molecule has 0 amide bonds. The van der Waals surface area contributed by atoms with Gasteiger partial charge in [0.1, 0.15) is 26.2 Å². The second-order valence-electron chi connectivity index (χ2n) is 7.26. The maximum Gasteiger partial charge on any atom is 0.231 e. The van der Waals surface area contributed by atoms with Crippen molar-refractivity contribution in [3.63, 3.8) is 0 Å². The number of benzene rings is 2. The van der Waals surface area contributed by atoms with Gasteiger partial charge >= 0.3 is 0 Å². The molecule has 10 nitrogen and oxygen atoms in total. The normalized spacial score (nSPS) is 14.2. The summed E-state index contributed by atoms with van der Waals surface area (Å²) in [6, 6.07) is 14.9. The van der Waals surface area contributed by atoms with E-state index in [2.05, 4.69) is 25.8 Å². The van der Waals surface area contributed by atoms with Crippen LogP contribution >= 0.6 is 0 Å². The topological polar surface area (TPSA) is 108 Å². The summed E-state index contributed by atoms with van der Waals surface area (Å²) >= 11 is 0. The molecule has 2 N–H and O–H groups in total. The zero-order valence-corrected chi connectivity index (χ0v) is 18.5. The molecule has 0 saturated carbocycles. The fraction of sp³-hybridized carbons (Fsp3) is 0.208. The third kappa shape index (κ3) is 4.80. The molecule has 0 aliphatic carbocycles. The molecule has 0 unspecified atom stereocenters. The van der Waals surface area contributed by atoms with Gasteiger partial charge in [-0.1, -0.05) is 6.07 Å². The lowest BCUT2D eigenvalue weighted by molar-refractivity contribution is 0.171. The number of hydrogen-bond acceptors (Lipinski definition) is 8. The molecule has 34 heavy (non-hydrogen) atoms. The Morgan fingerprint density at radius 3 is 2.71 bits per heavy atom. The van der Waals surface area contributed by atoms with Gasteiger partial charge < -0.3 is 23.7 Å². The van der Waals surface area contributed by atoms with Crippen LogP contribution < -0.4 is 34.5 Å².